The third kappa shape index (κ3) is 8.59. The first-order valence-electron chi connectivity index (χ1n) is 8.92. The zero-order valence-electron chi connectivity index (χ0n) is 16.6. The van der Waals surface area contributed by atoms with Crippen molar-refractivity contribution in [3.63, 3.8) is 0 Å². The van der Waals surface area contributed by atoms with E-state index in [-0.39, 0.29) is 36.5 Å². The molecule has 1 aromatic carbocycles. The Hall–Kier alpha value is -2.30. The molecule has 1 heterocycles. The van der Waals surface area contributed by atoms with Gasteiger partial charge in [0.2, 0.25) is 0 Å². The van der Waals surface area contributed by atoms with Crippen LogP contribution in [0.4, 0.5) is 0 Å². The SMILES string of the molecule is CN=C(NCCCn1cccn1)NCc1cccc(OCC(=O)N(C)C)c1.I. The maximum Gasteiger partial charge on any atom is 0.259 e. The topological polar surface area (TPSA) is 83.8 Å². The number of benzene rings is 1. The minimum Gasteiger partial charge on any atom is -0.484 e. The van der Waals surface area contributed by atoms with E-state index in [0.29, 0.717) is 12.3 Å². The molecule has 0 saturated heterocycles. The third-order valence-corrected chi connectivity index (χ3v) is 3.86. The van der Waals surface area contributed by atoms with Crippen LogP contribution in [0.2, 0.25) is 0 Å². The molecule has 0 aliphatic carbocycles. The van der Waals surface area contributed by atoms with Crippen molar-refractivity contribution in [2.24, 2.45) is 4.99 Å². The summed E-state index contributed by atoms with van der Waals surface area (Å²) in [6, 6.07) is 9.59. The molecule has 2 N–H and O–H groups in total. The number of carbonyl (C=O) groups excluding carboxylic acids is 1. The largest absolute Gasteiger partial charge is 0.484 e. The summed E-state index contributed by atoms with van der Waals surface area (Å²) in [6.07, 6.45) is 4.68. The van der Waals surface area contributed by atoms with Crippen LogP contribution in [0.3, 0.4) is 0 Å². The molecule has 1 aromatic heterocycles. The molecule has 0 radical (unpaired) electrons. The van der Waals surface area contributed by atoms with Crippen molar-refractivity contribution in [1.29, 1.82) is 0 Å². The first-order valence-corrected chi connectivity index (χ1v) is 8.92. The highest BCUT2D eigenvalue weighted by molar-refractivity contribution is 14.0. The average molecular weight is 500 g/mol. The highest BCUT2D eigenvalue weighted by Crippen LogP contribution is 2.13. The molecule has 0 saturated carbocycles. The predicted molar refractivity (Wildman–Crippen MR) is 121 cm³/mol. The van der Waals surface area contributed by atoms with Crippen LogP contribution in [0.5, 0.6) is 5.75 Å². The number of halogens is 1. The number of aryl methyl sites for hydroxylation is 1. The van der Waals surface area contributed by atoms with Crippen LogP contribution >= 0.6 is 24.0 Å². The van der Waals surface area contributed by atoms with Gasteiger partial charge in [0.25, 0.3) is 5.91 Å². The van der Waals surface area contributed by atoms with Crippen LogP contribution in [-0.2, 0) is 17.9 Å². The number of likely N-dealkylation sites (N-methyl/N-ethyl adjacent to an activating group) is 1. The van der Waals surface area contributed by atoms with Crippen molar-refractivity contribution in [1.82, 2.24) is 25.3 Å². The van der Waals surface area contributed by atoms with Gasteiger partial charge in [0.15, 0.2) is 12.6 Å². The molecule has 1 amide bonds. The number of aromatic nitrogens is 2. The fraction of sp³-hybridized carbons (Fsp3) is 0.421. The monoisotopic (exact) mass is 500 g/mol. The number of carbonyl (C=O) groups is 1. The zero-order chi connectivity index (χ0) is 19.5. The van der Waals surface area contributed by atoms with Gasteiger partial charge in [-0.15, -0.1) is 24.0 Å². The Labute approximate surface area is 183 Å². The Bertz CT molecular complexity index is 734. The fourth-order valence-electron chi connectivity index (χ4n) is 2.31. The molecule has 154 valence electrons. The van der Waals surface area contributed by atoms with Gasteiger partial charge >= 0.3 is 0 Å². The predicted octanol–water partition coefficient (Wildman–Crippen LogP) is 1.72. The molecule has 28 heavy (non-hydrogen) atoms. The molecule has 0 spiro atoms. The summed E-state index contributed by atoms with van der Waals surface area (Å²) in [6.45, 7) is 2.30. The number of guanidine groups is 1. The Morgan fingerprint density at radius 1 is 1.29 bits per heavy atom. The zero-order valence-corrected chi connectivity index (χ0v) is 18.9. The third-order valence-electron chi connectivity index (χ3n) is 3.86. The number of hydrogen-bond acceptors (Lipinski definition) is 4. The van der Waals surface area contributed by atoms with E-state index in [1.54, 1.807) is 27.3 Å². The van der Waals surface area contributed by atoms with E-state index in [1.807, 2.05) is 41.2 Å². The molecule has 0 atom stereocenters. The van der Waals surface area contributed by atoms with Gasteiger partial charge in [-0.25, -0.2) is 0 Å². The van der Waals surface area contributed by atoms with Gasteiger partial charge in [-0.1, -0.05) is 12.1 Å². The van der Waals surface area contributed by atoms with E-state index in [9.17, 15) is 4.79 Å². The lowest BCUT2D eigenvalue weighted by Crippen LogP contribution is -2.37. The fourth-order valence-corrected chi connectivity index (χ4v) is 2.31. The van der Waals surface area contributed by atoms with E-state index >= 15 is 0 Å². The van der Waals surface area contributed by atoms with Crippen molar-refractivity contribution in [3.8, 4) is 5.75 Å². The second-order valence-corrected chi connectivity index (χ2v) is 6.20. The molecule has 2 aromatic rings. The minimum atomic E-state index is -0.0711. The van der Waals surface area contributed by atoms with E-state index in [2.05, 4.69) is 20.7 Å². The van der Waals surface area contributed by atoms with Gasteiger partial charge in [-0.3, -0.25) is 14.5 Å². The van der Waals surface area contributed by atoms with E-state index in [0.717, 1.165) is 31.0 Å². The molecule has 9 heteroatoms. The van der Waals surface area contributed by atoms with Crippen molar-refractivity contribution in [3.05, 3.63) is 48.3 Å². The van der Waals surface area contributed by atoms with Crippen LogP contribution in [0, 0.1) is 0 Å². The van der Waals surface area contributed by atoms with E-state index in [4.69, 9.17) is 4.74 Å². The van der Waals surface area contributed by atoms with Crippen LogP contribution in [0.25, 0.3) is 0 Å². The maximum absolute atomic E-state index is 11.6. The summed E-state index contributed by atoms with van der Waals surface area (Å²) < 4.78 is 7.45. The molecule has 0 unspecified atom stereocenters. The Morgan fingerprint density at radius 2 is 2.11 bits per heavy atom. The Kier molecular flexibility index (Phi) is 11.0. The smallest absolute Gasteiger partial charge is 0.259 e. The molecule has 0 fully saturated rings. The summed E-state index contributed by atoms with van der Waals surface area (Å²) in [5.41, 5.74) is 1.05. The summed E-state index contributed by atoms with van der Waals surface area (Å²) in [5.74, 6) is 1.34. The van der Waals surface area contributed by atoms with E-state index in [1.165, 1.54) is 4.90 Å². The molecule has 0 aliphatic rings. The highest BCUT2D eigenvalue weighted by Gasteiger charge is 2.05. The van der Waals surface area contributed by atoms with Crippen molar-refractivity contribution >= 4 is 35.8 Å². The minimum absolute atomic E-state index is 0. The number of ether oxygens (including phenoxy) is 1. The average Bonchev–Trinajstić information content (AvgIpc) is 3.19. The molecule has 0 aliphatic heterocycles. The van der Waals surface area contributed by atoms with Gasteiger partial charge in [-0.05, 0) is 30.2 Å². The number of nitrogens with zero attached hydrogens (tertiary/aromatic N) is 4. The number of hydrogen-bond donors (Lipinski definition) is 2. The summed E-state index contributed by atoms with van der Waals surface area (Å²) >= 11 is 0. The van der Waals surface area contributed by atoms with Crippen LogP contribution < -0.4 is 15.4 Å². The van der Waals surface area contributed by atoms with Gasteiger partial charge < -0.3 is 20.3 Å². The first-order chi connectivity index (χ1) is 13.1. The van der Waals surface area contributed by atoms with Gasteiger partial charge in [0, 0.05) is 53.2 Å². The quantitative estimate of drug-likeness (QED) is 0.237. The maximum atomic E-state index is 11.6. The molecule has 0 bridgehead atoms. The van der Waals surface area contributed by atoms with Crippen molar-refractivity contribution in [2.75, 3.05) is 34.3 Å². The molecule has 8 nitrogen and oxygen atoms in total. The number of aliphatic imine (C=N–C) groups is 1. The number of nitrogens with one attached hydrogen (secondary N) is 2. The van der Waals surface area contributed by atoms with Crippen molar-refractivity contribution in [2.45, 2.75) is 19.5 Å². The summed E-state index contributed by atoms with van der Waals surface area (Å²) in [5, 5.41) is 10.7. The lowest BCUT2D eigenvalue weighted by atomic mass is 10.2. The summed E-state index contributed by atoms with van der Waals surface area (Å²) in [7, 11) is 5.16. The van der Waals surface area contributed by atoms with Crippen LogP contribution in [0.1, 0.15) is 12.0 Å². The normalized spacial score (nSPS) is 10.8. The number of rotatable bonds is 9. The van der Waals surface area contributed by atoms with Gasteiger partial charge in [-0.2, -0.15) is 5.10 Å². The summed E-state index contributed by atoms with van der Waals surface area (Å²) in [4.78, 5) is 17.4. The molecular formula is C19H29IN6O2. The highest BCUT2D eigenvalue weighted by atomic mass is 127. The second-order valence-electron chi connectivity index (χ2n) is 6.20. The lowest BCUT2D eigenvalue weighted by molar-refractivity contribution is -0.130. The molecule has 2 rings (SSSR count). The Morgan fingerprint density at radius 3 is 2.79 bits per heavy atom. The van der Waals surface area contributed by atoms with E-state index < -0.39 is 0 Å². The van der Waals surface area contributed by atoms with Gasteiger partial charge in [0.1, 0.15) is 5.75 Å². The van der Waals surface area contributed by atoms with Crippen molar-refractivity contribution < 1.29 is 9.53 Å². The van der Waals surface area contributed by atoms with Gasteiger partial charge in [0.05, 0.1) is 0 Å². The lowest BCUT2D eigenvalue weighted by Gasteiger charge is -2.14. The van der Waals surface area contributed by atoms with Crippen LogP contribution in [0.15, 0.2) is 47.7 Å². The first kappa shape index (κ1) is 23.7. The second kappa shape index (κ2) is 13.0. The standard InChI is InChI=1S/C19H28N6O2.HI/c1-20-19(21-9-5-11-25-12-6-10-23-25)22-14-16-7-4-8-17(13-16)27-15-18(26)24(2)3;/h4,6-8,10,12-13H,5,9,11,14-15H2,1-3H3,(H2,20,21,22);1H. The van der Waals surface area contributed by atoms with Crippen LogP contribution in [-0.4, -0.2) is 60.8 Å². The Balaban J connectivity index is 0.00000392. The molecular weight excluding hydrogens is 471 g/mol. The number of amides is 1.